The van der Waals surface area contributed by atoms with Crippen LogP contribution in [0.2, 0.25) is 0 Å². The molecule has 3 N–H and O–H groups in total. The van der Waals surface area contributed by atoms with Crippen molar-refractivity contribution < 1.29 is 19.2 Å². The molecule has 1 atom stereocenters. The maximum atomic E-state index is 12.5. The normalized spacial score (nSPS) is 20.4. The number of hydrogen-bond donors (Lipinski definition) is 3. The minimum Gasteiger partial charge on any atom is -0.481 e. The zero-order valence-electron chi connectivity index (χ0n) is 18.3. The molecule has 1 aromatic rings. The number of carboxylic acids is 1. The van der Waals surface area contributed by atoms with Crippen LogP contribution in [0.25, 0.3) is 0 Å². The molecule has 0 bridgehead atoms. The zero-order valence-corrected chi connectivity index (χ0v) is 18.3. The highest BCUT2D eigenvalue weighted by Crippen LogP contribution is 2.28. The van der Waals surface area contributed by atoms with Crippen molar-refractivity contribution in [3.05, 3.63) is 29.8 Å². The fraction of sp³-hybridized carbons (Fsp3) is 0.652. The Labute approximate surface area is 175 Å². The lowest BCUT2D eigenvalue weighted by Gasteiger charge is -2.30. The second-order valence-electron chi connectivity index (χ2n) is 9.21. The number of carbonyl (C=O) groups excluding carboxylic acids is 1. The molecule has 2 amide bonds. The molecular weight excluding hydrogens is 366 g/mol. The first-order valence-corrected chi connectivity index (χ1v) is 11.0. The molecule has 0 saturated carbocycles. The number of carboxylic acid groups (broad SMARTS) is 1. The van der Waals surface area contributed by atoms with Gasteiger partial charge in [0.15, 0.2) is 0 Å². The van der Waals surface area contributed by atoms with Crippen LogP contribution in [-0.4, -0.2) is 54.3 Å². The minimum atomic E-state index is -0.883. The Bertz CT molecular complexity index is 672. The number of nitrogens with zero attached hydrogens (tertiary/aromatic N) is 1. The van der Waals surface area contributed by atoms with E-state index in [1.54, 1.807) is 0 Å². The number of hydrogen-bond acceptors (Lipinski definition) is 2. The monoisotopic (exact) mass is 404 g/mol. The number of amides is 2. The van der Waals surface area contributed by atoms with Gasteiger partial charge in [-0.15, -0.1) is 0 Å². The van der Waals surface area contributed by atoms with E-state index >= 15 is 0 Å². The summed E-state index contributed by atoms with van der Waals surface area (Å²) in [6.07, 6.45) is 9.37. The average molecular weight is 405 g/mol. The molecule has 0 spiro atoms. The summed E-state index contributed by atoms with van der Waals surface area (Å²) in [6, 6.07) is 7.63. The maximum absolute atomic E-state index is 12.5. The molecule has 6 heteroatoms. The zero-order chi connectivity index (χ0) is 21.3. The van der Waals surface area contributed by atoms with E-state index in [1.165, 1.54) is 44.1 Å². The summed E-state index contributed by atoms with van der Waals surface area (Å²) < 4.78 is 0.709. The maximum Gasteiger partial charge on any atom is 0.319 e. The topological polar surface area (TPSA) is 78.4 Å². The molecule has 1 heterocycles. The average Bonchev–Trinajstić information content (AvgIpc) is 2.92. The van der Waals surface area contributed by atoms with Crippen molar-refractivity contribution in [1.82, 2.24) is 5.32 Å². The van der Waals surface area contributed by atoms with E-state index in [4.69, 9.17) is 0 Å². The Morgan fingerprint density at radius 2 is 1.72 bits per heavy atom. The number of benzene rings is 1. The molecule has 1 aromatic carbocycles. The van der Waals surface area contributed by atoms with Gasteiger partial charge in [-0.1, -0.05) is 51.2 Å². The highest BCUT2D eigenvalue weighted by atomic mass is 16.4. The summed E-state index contributed by atoms with van der Waals surface area (Å²) in [7, 11) is 4.12. The van der Waals surface area contributed by atoms with E-state index < -0.39 is 11.5 Å². The van der Waals surface area contributed by atoms with E-state index in [0.717, 1.165) is 18.7 Å². The number of urea groups is 1. The van der Waals surface area contributed by atoms with E-state index in [1.807, 2.05) is 12.1 Å². The second kappa shape index (κ2) is 10.6. The smallest absolute Gasteiger partial charge is 0.319 e. The van der Waals surface area contributed by atoms with Crippen LogP contribution in [0.5, 0.6) is 0 Å². The number of aliphatic carboxylic acids is 1. The highest BCUT2D eigenvalue weighted by molar-refractivity contribution is 5.90. The number of carbonyl (C=O) groups is 2. The van der Waals surface area contributed by atoms with E-state index in [9.17, 15) is 14.7 Å². The Morgan fingerprint density at radius 3 is 2.31 bits per heavy atom. The van der Waals surface area contributed by atoms with Crippen molar-refractivity contribution >= 4 is 17.7 Å². The summed E-state index contributed by atoms with van der Waals surface area (Å²) in [4.78, 5) is 23.9. The molecule has 0 aliphatic carbocycles. The van der Waals surface area contributed by atoms with Gasteiger partial charge in [0.2, 0.25) is 0 Å². The van der Waals surface area contributed by atoms with Crippen LogP contribution in [0.15, 0.2) is 24.3 Å². The fourth-order valence-electron chi connectivity index (χ4n) is 4.34. The van der Waals surface area contributed by atoms with Gasteiger partial charge in [0, 0.05) is 12.1 Å². The highest BCUT2D eigenvalue weighted by Gasteiger charge is 2.47. The number of likely N-dealkylation sites (tertiary alicyclic amines) is 1. The largest absolute Gasteiger partial charge is 0.481 e. The molecule has 1 aliphatic heterocycles. The summed E-state index contributed by atoms with van der Waals surface area (Å²) >= 11 is 0. The van der Waals surface area contributed by atoms with Gasteiger partial charge in [0.05, 0.1) is 27.1 Å². The molecule has 29 heavy (non-hydrogen) atoms. The number of anilines is 1. The summed E-state index contributed by atoms with van der Waals surface area (Å²) in [5.41, 5.74) is 1.31. The first-order chi connectivity index (χ1) is 13.7. The van der Waals surface area contributed by atoms with Crippen molar-refractivity contribution in [3.63, 3.8) is 0 Å². The number of aryl methyl sites for hydroxylation is 1. The molecule has 1 fully saturated rings. The van der Waals surface area contributed by atoms with E-state index in [-0.39, 0.29) is 12.5 Å². The Morgan fingerprint density at radius 1 is 1.07 bits per heavy atom. The molecule has 1 aliphatic rings. The molecule has 0 aromatic heterocycles. The molecule has 2 rings (SSSR count). The third kappa shape index (κ3) is 8.05. The lowest BCUT2D eigenvalue weighted by atomic mass is 9.94. The van der Waals surface area contributed by atoms with Gasteiger partial charge >= 0.3 is 12.0 Å². The van der Waals surface area contributed by atoms with Crippen LogP contribution in [0, 0.1) is 0 Å². The molecular formula is C23H38N3O3+. The molecule has 1 unspecified atom stereocenters. The van der Waals surface area contributed by atoms with Crippen molar-refractivity contribution in [1.29, 1.82) is 0 Å². The van der Waals surface area contributed by atoms with Gasteiger partial charge in [0.25, 0.3) is 0 Å². The number of quaternary nitrogens is 1. The quantitative estimate of drug-likeness (QED) is 0.378. The summed E-state index contributed by atoms with van der Waals surface area (Å²) in [5, 5.41) is 15.1. The fourth-order valence-corrected chi connectivity index (χ4v) is 4.34. The van der Waals surface area contributed by atoms with Gasteiger partial charge in [-0.2, -0.15) is 0 Å². The summed E-state index contributed by atoms with van der Waals surface area (Å²) in [6.45, 7) is 3.69. The van der Waals surface area contributed by atoms with Crippen LogP contribution < -0.4 is 10.6 Å². The predicted molar refractivity (Wildman–Crippen MR) is 117 cm³/mol. The SMILES string of the molecule is CCCCCCCCc1ccc(NC(=O)NC2(CC(=O)O)CC[N+](C)(C)C2)cc1. The second-order valence-corrected chi connectivity index (χ2v) is 9.21. The van der Waals surface area contributed by atoms with Crippen LogP contribution in [0.4, 0.5) is 10.5 Å². The van der Waals surface area contributed by atoms with Crippen molar-refractivity contribution in [2.75, 3.05) is 32.5 Å². The predicted octanol–water partition coefficient (Wildman–Crippen LogP) is 4.40. The molecule has 162 valence electrons. The van der Waals surface area contributed by atoms with Crippen molar-refractivity contribution in [2.45, 2.75) is 70.3 Å². The lowest BCUT2D eigenvalue weighted by molar-refractivity contribution is -0.879. The first-order valence-electron chi connectivity index (χ1n) is 11.0. The van der Waals surface area contributed by atoms with E-state index in [2.05, 4.69) is 43.8 Å². The van der Waals surface area contributed by atoms with Crippen LogP contribution in [-0.2, 0) is 11.2 Å². The van der Waals surface area contributed by atoms with Gasteiger partial charge in [-0.3, -0.25) is 4.79 Å². The van der Waals surface area contributed by atoms with Gasteiger partial charge < -0.3 is 20.2 Å². The van der Waals surface area contributed by atoms with Crippen LogP contribution in [0.1, 0.15) is 63.9 Å². The first kappa shape index (κ1) is 23.2. The number of unbranched alkanes of at least 4 members (excludes halogenated alkanes) is 5. The van der Waals surface area contributed by atoms with Crippen LogP contribution in [0.3, 0.4) is 0 Å². The van der Waals surface area contributed by atoms with E-state index in [0.29, 0.717) is 17.4 Å². The van der Waals surface area contributed by atoms with Crippen molar-refractivity contribution in [2.24, 2.45) is 0 Å². The lowest BCUT2D eigenvalue weighted by Crippen LogP contribution is -2.55. The van der Waals surface area contributed by atoms with Gasteiger partial charge in [0.1, 0.15) is 12.1 Å². The molecule has 6 nitrogen and oxygen atoms in total. The van der Waals surface area contributed by atoms with Crippen molar-refractivity contribution in [3.8, 4) is 0 Å². The van der Waals surface area contributed by atoms with Gasteiger partial charge in [-0.05, 0) is 30.5 Å². The van der Waals surface area contributed by atoms with Gasteiger partial charge in [-0.25, -0.2) is 4.79 Å². The Balaban J connectivity index is 1.82. The molecule has 0 radical (unpaired) electrons. The number of likely N-dealkylation sites (N-methyl/N-ethyl adjacent to an activating group) is 1. The Hall–Kier alpha value is -2.08. The minimum absolute atomic E-state index is 0.0563. The summed E-state index contributed by atoms with van der Waals surface area (Å²) in [5.74, 6) is -0.883. The standard InChI is InChI=1S/C23H37N3O3/c1-4-5-6-7-8-9-10-19-11-13-20(14-12-19)24-22(29)25-23(17-21(27)28)15-16-26(2,3)18-23/h11-14H,4-10,15-18H2,1-3H3,(H2-,24,25,27,28,29)/p+1. The third-order valence-corrected chi connectivity index (χ3v) is 5.83. The van der Waals surface area contributed by atoms with Crippen LogP contribution >= 0.6 is 0 Å². The number of rotatable bonds is 11. The Kier molecular flexibility index (Phi) is 8.50. The third-order valence-electron chi connectivity index (χ3n) is 5.83. The number of nitrogens with one attached hydrogen (secondary N) is 2. The molecule has 1 saturated heterocycles.